The maximum absolute atomic E-state index is 13.2. The number of tetrazole rings is 1. The molecule has 2 aromatic heterocycles. The fourth-order valence-electron chi connectivity index (χ4n) is 4.30. The van der Waals surface area contributed by atoms with Crippen LogP contribution in [0.25, 0.3) is 10.9 Å². The molecule has 154 valence electrons. The number of likely N-dealkylation sites (tertiary alicyclic amines) is 1. The Morgan fingerprint density at radius 2 is 1.93 bits per heavy atom. The molecule has 1 fully saturated rings. The molecule has 2 N–H and O–H groups in total. The Balaban J connectivity index is 1.85. The fourth-order valence-corrected chi connectivity index (χ4v) is 4.30. The number of H-pyrrole nitrogens is 1. The van der Waals surface area contributed by atoms with Crippen LogP contribution in [0.1, 0.15) is 47.8 Å². The predicted octanol–water partition coefficient (Wildman–Crippen LogP) is 0.936. The molecule has 3 aromatic rings. The van der Waals surface area contributed by atoms with Crippen molar-refractivity contribution in [3.05, 3.63) is 51.1 Å². The highest BCUT2D eigenvalue weighted by Crippen LogP contribution is 2.21. The van der Waals surface area contributed by atoms with E-state index in [9.17, 15) is 4.79 Å². The summed E-state index contributed by atoms with van der Waals surface area (Å²) in [5, 5.41) is 13.5. The molecule has 0 spiro atoms. The molecule has 1 aromatic carbocycles. The SMILES string of the molecule is COCCn1nnnc1[C@@H](c1cc2cc(C)c(C)cc2[nH]c1=O)[NH+]1CCCCC1. The highest BCUT2D eigenvalue weighted by molar-refractivity contribution is 5.80. The van der Waals surface area contributed by atoms with Crippen LogP contribution in [-0.4, -0.2) is 52.0 Å². The molecule has 0 aliphatic carbocycles. The second kappa shape index (κ2) is 8.42. The monoisotopic (exact) mass is 397 g/mol. The molecule has 1 aliphatic rings. The van der Waals surface area contributed by atoms with Crippen molar-refractivity contribution in [3.8, 4) is 0 Å². The summed E-state index contributed by atoms with van der Waals surface area (Å²) in [5.41, 5.74) is 3.91. The van der Waals surface area contributed by atoms with Gasteiger partial charge in [0.15, 0.2) is 6.04 Å². The molecule has 0 saturated carbocycles. The molecular weight excluding hydrogens is 368 g/mol. The van der Waals surface area contributed by atoms with Crippen molar-refractivity contribution in [2.24, 2.45) is 0 Å². The highest BCUT2D eigenvalue weighted by atomic mass is 16.5. The van der Waals surface area contributed by atoms with Gasteiger partial charge in [-0.15, -0.1) is 5.10 Å². The maximum atomic E-state index is 13.2. The van der Waals surface area contributed by atoms with Gasteiger partial charge in [-0.3, -0.25) is 4.79 Å². The molecule has 0 amide bonds. The Morgan fingerprint density at radius 3 is 2.69 bits per heavy atom. The van der Waals surface area contributed by atoms with Crippen molar-refractivity contribution in [2.75, 3.05) is 26.8 Å². The molecule has 29 heavy (non-hydrogen) atoms. The van der Waals surface area contributed by atoms with Crippen LogP contribution < -0.4 is 10.5 Å². The third-order valence-corrected chi connectivity index (χ3v) is 6.03. The van der Waals surface area contributed by atoms with Crippen molar-refractivity contribution < 1.29 is 9.64 Å². The lowest BCUT2D eigenvalue weighted by Gasteiger charge is -2.30. The lowest BCUT2D eigenvalue weighted by molar-refractivity contribution is -0.931. The summed E-state index contributed by atoms with van der Waals surface area (Å²) in [6.45, 7) is 7.25. The number of hydrogen-bond donors (Lipinski definition) is 2. The summed E-state index contributed by atoms with van der Waals surface area (Å²) >= 11 is 0. The maximum Gasteiger partial charge on any atom is 0.258 e. The van der Waals surface area contributed by atoms with Crippen molar-refractivity contribution in [1.29, 1.82) is 0 Å². The minimum Gasteiger partial charge on any atom is -0.383 e. The van der Waals surface area contributed by atoms with Crippen LogP contribution >= 0.6 is 0 Å². The Hall–Kier alpha value is -2.58. The average Bonchev–Trinajstić information content (AvgIpc) is 3.17. The Morgan fingerprint density at radius 1 is 1.17 bits per heavy atom. The molecule has 0 unspecified atom stereocenters. The van der Waals surface area contributed by atoms with Gasteiger partial charge in [-0.25, -0.2) is 4.68 Å². The molecule has 1 aliphatic heterocycles. The lowest BCUT2D eigenvalue weighted by Crippen LogP contribution is -3.13. The van der Waals surface area contributed by atoms with Crippen LogP contribution in [0.2, 0.25) is 0 Å². The van der Waals surface area contributed by atoms with Crippen LogP contribution in [0.3, 0.4) is 0 Å². The third kappa shape index (κ3) is 3.95. The van der Waals surface area contributed by atoms with Crippen LogP contribution in [0.5, 0.6) is 0 Å². The van der Waals surface area contributed by atoms with Gasteiger partial charge in [-0.05, 0) is 78.2 Å². The van der Waals surface area contributed by atoms with E-state index in [1.807, 2.05) is 12.1 Å². The minimum absolute atomic E-state index is 0.0647. The zero-order chi connectivity index (χ0) is 20.4. The number of fused-ring (bicyclic) bond motifs is 1. The van der Waals surface area contributed by atoms with E-state index >= 15 is 0 Å². The van der Waals surface area contributed by atoms with Gasteiger partial charge in [0.2, 0.25) is 5.82 Å². The predicted molar refractivity (Wildman–Crippen MR) is 110 cm³/mol. The molecule has 0 radical (unpaired) electrons. The molecule has 4 rings (SSSR count). The second-order valence-electron chi connectivity index (χ2n) is 7.98. The van der Waals surface area contributed by atoms with E-state index < -0.39 is 0 Å². The molecule has 1 atom stereocenters. The summed E-state index contributed by atoms with van der Waals surface area (Å²) in [5.74, 6) is 0.729. The summed E-state index contributed by atoms with van der Waals surface area (Å²) in [4.78, 5) is 17.6. The van der Waals surface area contributed by atoms with Gasteiger partial charge in [0.1, 0.15) is 0 Å². The molecular formula is C21H29N6O2+. The number of aryl methyl sites for hydroxylation is 2. The number of pyridine rings is 1. The normalized spacial score (nSPS) is 16.4. The molecule has 8 nitrogen and oxygen atoms in total. The third-order valence-electron chi connectivity index (χ3n) is 6.03. The quantitative estimate of drug-likeness (QED) is 0.646. The first-order valence-electron chi connectivity index (χ1n) is 10.3. The molecule has 0 bridgehead atoms. The number of hydrogen-bond acceptors (Lipinski definition) is 5. The van der Waals surface area contributed by atoms with E-state index in [1.54, 1.807) is 11.8 Å². The highest BCUT2D eigenvalue weighted by Gasteiger charge is 2.34. The topological polar surface area (TPSA) is 90.1 Å². The van der Waals surface area contributed by atoms with Crippen LogP contribution in [-0.2, 0) is 11.3 Å². The summed E-state index contributed by atoms with van der Waals surface area (Å²) < 4.78 is 6.99. The smallest absolute Gasteiger partial charge is 0.258 e. The first kappa shape index (κ1) is 19.7. The van der Waals surface area contributed by atoms with Crippen molar-refractivity contribution >= 4 is 10.9 Å². The Bertz CT molecular complexity index is 1050. The van der Waals surface area contributed by atoms with Gasteiger partial charge < -0.3 is 14.6 Å². The molecule has 3 heterocycles. The molecule has 8 heteroatoms. The number of methoxy groups -OCH3 is 1. The van der Waals surface area contributed by atoms with Crippen molar-refractivity contribution in [2.45, 2.75) is 45.7 Å². The van der Waals surface area contributed by atoms with E-state index in [0.29, 0.717) is 13.2 Å². The first-order chi connectivity index (χ1) is 14.1. The average molecular weight is 398 g/mol. The summed E-state index contributed by atoms with van der Waals surface area (Å²) in [7, 11) is 1.66. The number of ether oxygens (including phenoxy) is 1. The second-order valence-corrected chi connectivity index (χ2v) is 7.98. The van der Waals surface area contributed by atoms with Gasteiger partial charge in [0.05, 0.1) is 31.8 Å². The largest absolute Gasteiger partial charge is 0.383 e. The standard InChI is InChI=1S/C21H28N6O2/c1-14-11-16-13-17(21(28)22-18(16)12-15(14)2)19(26-7-5-4-6-8-26)20-23-24-25-27(20)9-10-29-3/h11-13,19H,4-10H2,1-3H3,(H,22,28)/p+1/t19-/m1/s1. The number of nitrogens with zero attached hydrogens (tertiary/aromatic N) is 4. The Kier molecular flexibility index (Phi) is 5.73. The van der Waals surface area contributed by atoms with Crippen LogP contribution in [0.15, 0.2) is 23.0 Å². The van der Waals surface area contributed by atoms with Crippen molar-refractivity contribution in [1.82, 2.24) is 25.2 Å². The van der Waals surface area contributed by atoms with Gasteiger partial charge in [-0.1, -0.05) is 0 Å². The number of rotatable bonds is 6. The molecule has 1 saturated heterocycles. The lowest BCUT2D eigenvalue weighted by atomic mass is 9.99. The Labute approximate surface area is 169 Å². The van der Waals surface area contributed by atoms with Gasteiger partial charge in [0, 0.05) is 12.6 Å². The fraction of sp³-hybridized carbons (Fsp3) is 0.524. The van der Waals surface area contributed by atoms with Crippen LogP contribution in [0.4, 0.5) is 0 Å². The number of benzene rings is 1. The number of aromatic amines is 1. The summed E-state index contributed by atoms with van der Waals surface area (Å²) in [6.07, 6.45) is 3.53. The van der Waals surface area contributed by atoms with E-state index in [0.717, 1.165) is 48.2 Å². The summed E-state index contributed by atoms with van der Waals surface area (Å²) in [6, 6.07) is 6.02. The zero-order valence-corrected chi connectivity index (χ0v) is 17.4. The van der Waals surface area contributed by atoms with Gasteiger partial charge in [0.25, 0.3) is 5.56 Å². The number of piperidine rings is 1. The van der Waals surface area contributed by atoms with E-state index in [-0.39, 0.29) is 11.6 Å². The number of nitrogens with one attached hydrogen (secondary N) is 2. The van der Waals surface area contributed by atoms with Gasteiger partial charge >= 0.3 is 0 Å². The van der Waals surface area contributed by atoms with Gasteiger partial charge in [-0.2, -0.15) is 0 Å². The van der Waals surface area contributed by atoms with E-state index in [4.69, 9.17) is 4.74 Å². The number of aromatic nitrogens is 5. The zero-order valence-electron chi connectivity index (χ0n) is 17.4. The van der Waals surface area contributed by atoms with E-state index in [1.165, 1.54) is 22.4 Å². The van der Waals surface area contributed by atoms with Crippen molar-refractivity contribution in [3.63, 3.8) is 0 Å². The minimum atomic E-state index is -0.197. The van der Waals surface area contributed by atoms with Crippen LogP contribution in [0, 0.1) is 13.8 Å². The number of quaternary nitrogens is 1. The van der Waals surface area contributed by atoms with E-state index in [2.05, 4.69) is 40.4 Å². The first-order valence-corrected chi connectivity index (χ1v) is 10.3.